The number of esters is 1. The van der Waals surface area contributed by atoms with E-state index >= 15 is 0 Å². The van der Waals surface area contributed by atoms with Crippen LogP contribution in [0.4, 0.5) is 0 Å². The van der Waals surface area contributed by atoms with Gasteiger partial charge in [-0.15, -0.1) is 0 Å². The number of amides is 18. The topological polar surface area (TPSA) is 657 Å². The highest BCUT2D eigenvalue weighted by molar-refractivity contribution is 6.01. The summed E-state index contributed by atoms with van der Waals surface area (Å²) in [6.07, 6.45) is 2.25. The normalized spacial score (nSPS) is 14.8. The van der Waals surface area contributed by atoms with Crippen LogP contribution in [0.2, 0.25) is 0 Å². The molecule has 0 aromatic heterocycles. The summed E-state index contributed by atoms with van der Waals surface area (Å²) in [5.41, 5.74) is 27.4. The minimum Gasteiger partial charge on any atom is -0.481 e. The van der Waals surface area contributed by atoms with Crippen LogP contribution in [0.25, 0.3) is 0 Å². The number of carbonyl (C=O) groups excluding carboxylic acids is 19. The van der Waals surface area contributed by atoms with Gasteiger partial charge in [0.25, 0.3) is 0 Å². The van der Waals surface area contributed by atoms with Gasteiger partial charge in [-0.25, -0.2) is 0 Å². The third kappa shape index (κ3) is 49.0. The molecule has 0 aliphatic carbocycles. The van der Waals surface area contributed by atoms with E-state index in [-0.39, 0.29) is 87.4 Å². The number of ether oxygens (including phenoxy) is 1. The van der Waals surface area contributed by atoms with Crippen molar-refractivity contribution in [1.29, 1.82) is 0 Å². The summed E-state index contributed by atoms with van der Waals surface area (Å²) >= 11 is 0. The minimum absolute atomic E-state index is 0.0257. The summed E-state index contributed by atoms with van der Waals surface area (Å²) in [4.78, 5) is 272. The number of carbonyl (C=O) groups is 20. The van der Waals surface area contributed by atoms with Crippen LogP contribution in [0, 0.1) is 47.3 Å². The largest absolute Gasteiger partial charge is 0.481 e. The van der Waals surface area contributed by atoms with Crippen LogP contribution < -0.4 is 97.8 Å². The number of aliphatic carboxylic acids is 1. The molecular weight excluding hydrogens is 1610 g/mol. The van der Waals surface area contributed by atoms with Gasteiger partial charge in [0, 0.05) is 44.9 Å². The van der Waals surface area contributed by atoms with Crippen LogP contribution in [0.3, 0.4) is 0 Å². The van der Waals surface area contributed by atoms with Crippen molar-refractivity contribution in [2.45, 2.75) is 357 Å². The van der Waals surface area contributed by atoms with E-state index in [0.717, 1.165) is 38.5 Å². The lowest BCUT2D eigenvalue weighted by atomic mass is 9.98. The maximum absolute atomic E-state index is 14.8. The predicted octanol–water partition coefficient (Wildman–Crippen LogP) is 0.364. The highest BCUT2D eigenvalue weighted by Gasteiger charge is 2.40. The quantitative estimate of drug-likeness (QED) is 0.0289. The van der Waals surface area contributed by atoms with E-state index < -0.39 is 273 Å². The summed E-state index contributed by atoms with van der Waals surface area (Å²) < 4.78 is 5.54. The SMILES string of the molecule is CCCCCCCCCC(=O)N[C@@H](CC(C)C)C(=O)N[C@H](CCC(=O)O)C(=O)N[C@H](CCC(N)=O)C(=O)N[C@@H](C(=O)N[C@@H](CC(C)C)C(=O)N[C@@H](CCC(N)=O)C(=O)N[C@H](COC(=O)C[C@@H](C)CC)C(=O)N[C@@H](C(=O)N[C@H](CC(C)C)C(=O)N[C@H](CCC(N)=O)C(=O)N[C@@H](CC(C)C)C(=O)N[C@@H](CC(C)C)C(=O)N[C@H](CCC(N)=O)C(N)=O)C(C)C)C(C)C. The number of unbranched alkanes of at least 4 members (excludes halogenated alkanes) is 6. The standard InChI is InChI=1S/C84H148N18O22/c1-18-20-21-22-23-24-25-26-67(107)90-57(37-44(3)4)77(116)95-56(31-36-68(108)109)73(112)92-55(30-35-66(88)106)76(115)101-70(49(13)14)83(122)98-61(41-48(11)12)80(119)94-54(29-34-65(87)105)75(114)100-62(43-124-69(110)42-51(17)19-2)82(121)102-71(50(15)16)84(123)99-60(40-47(9)10)79(118)93-53(28-33-64(86)104)74(113)96-59(39-46(7)8)81(120)97-58(38-45(5)6)78(117)91-52(72(89)111)27-32-63(85)103/h44-62,70-71H,18-43H2,1-17H3,(H2,85,103)(H2,86,104)(H2,87,105)(H2,88,106)(H2,89,111)(H,90,107)(H,91,117)(H,92,112)(H,93,118)(H,94,119)(H,95,116)(H,96,113)(H,97,120)(H,98,122)(H,99,123)(H,100,114)(H,101,115)(H,102,121)(H,108,109)/t51-,52+,53+,54-,55+,56+,57-,58-,59-,60+,61-,62+,70+,71+/m0/s1. The molecular formula is C84H148N18O22. The molecule has 0 rings (SSSR count). The van der Waals surface area contributed by atoms with Gasteiger partial charge >= 0.3 is 11.9 Å². The second-order valence-electron chi connectivity index (χ2n) is 35.0. The van der Waals surface area contributed by atoms with Gasteiger partial charge in [0.05, 0.1) is 0 Å². The third-order valence-electron chi connectivity index (χ3n) is 20.0. The molecule has 0 bridgehead atoms. The predicted molar refractivity (Wildman–Crippen MR) is 459 cm³/mol. The second kappa shape index (κ2) is 60.1. The fourth-order valence-corrected chi connectivity index (χ4v) is 12.9. The lowest BCUT2D eigenvalue weighted by Gasteiger charge is -2.30. The van der Waals surface area contributed by atoms with E-state index in [1.807, 2.05) is 6.92 Å². The molecule has 0 spiro atoms. The van der Waals surface area contributed by atoms with Gasteiger partial charge in [0.1, 0.15) is 85.2 Å². The Bertz CT molecular complexity index is 3540. The maximum atomic E-state index is 14.8. The Kier molecular flexibility index (Phi) is 54.9. The van der Waals surface area contributed by atoms with Crippen molar-refractivity contribution in [2.24, 2.45) is 76.0 Å². The smallest absolute Gasteiger partial charge is 0.306 e. The van der Waals surface area contributed by atoms with E-state index in [0.29, 0.717) is 12.8 Å². The number of hydrogen-bond acceptors (Lipinski definition) is 21. The van der Waals surface area contributed by atoms with Crippen molar-refractivity contribution < 1.29 is 106 Å². The van der Waals surface area contributed by atoms with E-state index in [4.69, 9.17) is 33.4 Å². The molecule has 0 fully saturated rings. The van der Waals surface area contributed by atoms with Crippen molar-refractivity contribution in [2.75, 3.05) is 6.61 Å². The van der Waals surface area contributed by atoms with Crippen LogP contribution in [0.5, 0.6) is 0 Å². The van der Waals surface area contributed by atoms with Crippen molar-refractivity contribution in [3.8, 4) is 0 Å². The Morgan fingerprint density at radius 1 is 0.282 bits per heavy atom. The number of carboxylic acid groups (broad SMARTS) is 1. The van der Waals surface area contributed by atoms with Crippen molar-refractivity contribution >= 4 is 118 Å². The molecule has 40 heteroatoms. The van der Waals surface area contributed by atoms with Gasteiger partial charge < -0.3 is 108 Å². The number of hydrogen-bond donors (Lipinski definition) is 19. The van der Waals surface area contributed by atoms with E-state index in [1.54, 1.807) is 76.2 Å². The first-order valence-corrected chi connectivity index (χ1v) is 43.6. The monoisotopic (exact) mass is 1760 g/mol. The molecule has 0 aromatic rings. The molecule has 0 heterocycles. The Balaban J connectivity index is 7.49. The second-order valence-corrected chi connectivity index (χ2v) is 35.0. The summed E-state index contributed by atoms with van der Waals surface area (Å²) in [5.74, 6) is -22.4. The van der Waals surface area contributed by atoms with Crippen LogP contribution >= 0.6 is 0 Å². The fraction of sp³-hybridized carbons (Fsp3) is 0.762. The van der Waals surface area contributed by atoms with Gasteiger partial charge in [-0.3, -0.25) is 95.9 Å². The maximum Gasteiger partial charge on any atom is 0.306 e. The molecule has 18 amide bonds. The van der Waals surface area contributed by atoms with E-state index in [9.17, 15) is 101 Å². The highest BCUT2D eigenvalue weighted by atomic mass is 16.5. The first-order chi connectivity index (χ1) is 57.8. The summed E-state index contributed by atoms with van der Waals surface area (Å²) in [5, 5.41) is 43.0. The fourth-order valence-electron chi connectivity index (χ4n) is 12.9. The number of nitrogens with one attached hydrogen (secondary N) is 13. The summed E-state index contributed by atoms with van der Waals surface area (Å²) in [6, 6.07) is -20.0. The van der Waals surface area contributed by atoms with E-state index in [2.05, 4.69) is 76.0 Å². The Labute approximate surface area is 729 Å². The zero-order valence-electron chi connectivity index (χ0n) is 75.9. The van der Waals surface area contributed by atoms with Crippen LogP contribution in [0.15, 0.2) is 0 Å². The van der Waals surface area contributed by atoms with Gasteiger partial charge in [-0.2, -0.15) is 0 Å². The average Bonchev–Trinajstić information content (AvgIpc) is 0.814. The van der Waals surface area contributed by atoms with Gasteiger partial charge in [-0.1, -0.05) is 163 Å². The summed E-state index contributed by atoms with van der Waals surface area (Å²) in [7, 11) is 0. The molecule has 24 N–H and O–H groups in total. The Morgan fingerprint density at radius 2 is 0.532 bits per heavy atom. The molecule has 0 aliphatic rings. The molecule has 0 aromatic carbocycles. The molecule has 14 atom stereocenters. The van der Waals surface area contributed by atoms with Gasteiger partial charge in [0.2, 0.25) is 106 Å². The zero-order chi connectivity index (χ0) is 95.0. The average molecular weight is 1760 g/mol. The molecule has 0 aliphatic heterocycles. The molecule has 0 saturated heterocycles. The number of carboxylic acids is 1. The number of rotatable bonds is 66. The third-order valence-corrected chi connectivity index (χ3v) is 20.0. The first-order valence-electron chi connectivity index (χ1n) is 43.6. The number of nitrogens with two attached hydrogens (primary N) is 5. The van der Waals surface area contributed by atoms with Gasteiger partial charge in [-0.05, 0) is 118 Å². The lowest BCUT2D eigenvalue weighted by Crippen LogP contribution is -2.62. The molecule has 124 heavy (non-hydrogen) atoms. The van der Waals surface area contributed by atoms with Crippen molar-refractivity contribution in [3.05, 3.63) is 0 Å². The summed E-state index contributed by atoms with van der Waals surface area (Å²) in [6.45, 7) is 28.2. The van der Waals surface area contributed by atoms with Crippen LogP contribution in [-0.2, 0) is 101 Å². The molecule has 706 valence electrons. The van der Waals surface area contributed by atoms with Gasteiger partial charge in [0.15, 0.2) is 0 Å². The number of primary amides is 5. The van der Waals surface area contributed by atoms with Crippen LogP contribution in [-0.4, -0.2) is 209 Å². The highest BCUT2D eigenvalue weighted by Crippen LogP contribution is 2.19. The molecule has 0 radical (unpaired) electrons. The molecule has 0 unspecified atom stereocenters. The minimum atomic E-state index is -1.90. The van der Waals surface area contributed by atoms with Crippen molar-refractivity contribution in [1.82, 2.24) is 69.1 Å². The molecule has 40 nitrogen and oxygen atoms in total. The lowest BCUT2D eigenvalue weighted by molar-refractivity contribution is -0.148. The Morgan fingerprint density at radius 3 is 0.823 bits per heavy atom. The van der Waals surface area contributed by atoms with Crippen LogP contribution in [0.1, 0.15) is 278 Å². The van der Waals surface area contributed by atoms with E-state index in [1.165, 1.54) is 27.7 Å². The molecule has 0 saturated carbocycles. The zero-order valence-corrected chi connectivity index (χ0v) is 75.9. The van der Waals surface area contributed by atoms with Crippen molar-refractivity contribution in [3.63, 3.8) is 0 Å². The first kappa shape index (κ1) is 113. The Hall–Kier alpha value is -10.6.